The molecule has 0 spiro atoms. The predicted molar refractivity (Wildman–Crippen MR) is 51.2 cm³/mol. The summed E-state index contributed by atoms with van der Waals surface area (Å²) in [7, 11) is 0. The Morgan fingerprint density at radius 3 is 2.69 bits per heavy atom. The second-order valence-electron chi connectivity index (χ2n) is 3.20. The molecule has 88 valence electrons. The van der Waals surface area contributed by atoms with Gasteiger partial charge in [0, 0.05) is 13.8 Å². The summed E-state index contributed by atoms with van der Waals surface area (Å²) in [4.78, 5) is 32.5. The molecule has 0 saturated carbocycles. The minimum Gasteiger partial charge on any atom is -0.463 e. The van der Waals surface area contributed by atoms with Gasteiger partial charge in [-0.25, -0.2) is 0 Å². The van der Waals surface area contributed by atoms with Crippen LogP contribution in [0.3, 0.4) is 0 Å². The van der Waals surface area contributed by atoms with Gasteiger partial charge in [0.15, 0.2) is 5.76 Å². The standard InChI is InChI=1S/C10H12O6/c1-6(11)14-4-8-3-10(16-7(2)12)9(13)5-15-8/h3,8H,4-5H2,1-2H3/t8-/m0/s1. The van der Waals surface area contributed by atoms with Gasteiger partial charge in [0.05, 0.1) is 0 Å². The van der Waals surface area contributed by atoms with Crippen LogP contribution in [0.25, 0.3) is 0 Å². The van der Waals surface area contributed by atoms with Crippen molar-refractivity contribution in [1.82, 2.24) is 0 Å². The molecular formula is C10H12O6. The van der Waals surface area contributed by atoms with Gasteiger partial charge in [0.1, 0.15) is 19.3 Å². The third-order valence-corrected chi connectivity index (χ3v) is 1.75. The highest BCUT2D eigenvalue weighted by molar-refractivity contribution is 5.97. The van der Waals surface area contributed by atoms with E-state index in [0.29, 0.717) is 0 Å². The fourth-order valence-electron chi connectivity index (χ4n) is 1.11. The lowest BCUT2D eigenvalue weighted by atomic mass is 10.2. The Labute approximate surface area is 92.2 Å². The molecule has 1 heterocycles. The number of hydrogen-bond donors (Lipinski definition) is 0. The largest absolute Gasteiger partial charge is 0.463 e. The van der Waals surface area contributed by atoms with Crippen LogP contribution in [-0.2, 0) is 28.6 Å². The fourth-order valence-corrected chi connectivity index (χ4v) is 1.11. The molecule has 0 saturated heterocycles. The van der Waals surface area contributed by atoms with Crippen molar-refractivity contribution in [1.29, 1.82) is 0 Å². The smallest absolute Gasteiger partial charge is 0.308 e. The number of hydrogen-bond acceptors (Lipinski definition) is 6. The van der Waals surface area contributed by atoms with E-state index in [0.717, 1.165) is 0 Å². The summed E-state index contributed by atoms with van der Waals surface area (Å²) in [6.45, 7) is 2.27. The highest BCUT2D eigenvalue weighted by Crippen LogP contribution is 2.12. The SMILES string of the molecule is CC(=O)OC[C@@H]1C=C(OC(C)=O)C(=O)CO1. The summed E-state index contributed by atoms with van der Waals surface area (Å²) in [6, 6.07) is 0. The molecule has 0 aliphatic carbocycles. The molecule has 0 radical (unpaired) electrons. The van der Waals surface area contributed by atoms with E-state index < -0.39 is 23.8 Å². The Morgan fingerprint density at radius 1 is 1.44 bits per heavy atom. The van der Waals surface area contributed by atoms with Gasteiger partial charge < -0.3 is 14.2 Å². The van der Waals surface area contributed by atoms with Crippen LogP contribution < -0.4 is 0 Å². The molecule has 0 aromatic rings. The molecule has 1 rings (SSSR count). The van der Waals surface area contributed by atoms with Crippen molar-refractivity contribution in [3.05, 3.63) is 11.8 Å². The fraction of sp³-hybridized carbons (Fsp3) is 0.500. The average molecular weight is 228 g/mol. The first-order chi connectivity index (χ1) is 7.49. The lowest BCUT2D eigenvalue weighted by molar-refractivity contribution is -0.148. The first-order valence-corrected chi connectivity index (χ1v) is 4.67. The molecule has 1 aliphatic rings. The second kappa shape index (κ2) is 5.41. The Morgan fingerprint density at radius 2 is 2.12 bits per heavy atom. The number of Topliss-reactive ketones (excluding diaryl/α,β-unsaturated/α-hetero) is 1. The van der Waals surface area contributed by atoms with Crippen LogP contribution in [0.4, 0.5) is 0 Å². The van der Waals surface area contributed by atoms with E-state index >= 15 is 0 Å². The lowest BCUT2D eigenvalue weighted by Gasteiger charge is -2.19. The molecule has 0 aromatic carbocycles. The predicted octanol–water partition coefficient (Wildman–Crippen LogP) is -0.0356. The van der Waals surface area contributed by atoms with Gasteiger partial charge >= 0.3 is 11.9 Å². The Kier molecular flexibility index (Phi) is 4.19. The highest BCUT2D eigenvalue weighted by Gasteiger charge is 2.24. The van der Waals surface area contributed by atoms with Gasteiger partial charge in [-0.2, -0.15) is 0 Å². The molecule has 0 aromatic heterocycles. The Bertz CT molecular complexity index is 343. The number of esters is 2. The van der Waals surface area contributed by atoms with Crippen molar-refractivity contribution in [2.24, 2.45) is 0 Å². The maximum atomic E-state index is 11.2. The van der Waals surface area contributed by atoms with Gasteiger partial charge in [0.25, 0.3) is 0 Å². The number of carbonyl (C=O) groups excluding carboxylic acids is 3. The molecule has 0 N–H and O–H groups in total. The van der Waals surface area contributed by atoms with Gasteiger partial charge in [-0.05, 0) is 6.08 Å². The lowest BCUT2D eigenvalue weighted by Crippen LogP contribution is -2.30. The third kappa shape index (κ3) is 3.82. The first kappa shape index (κ1) is 12.4. The minimum atomic E-state index is -0.576. The Balaban J connectivity index is 2.61. The molecule has 16 heavy (non-hydrogen) atoms. The highest BCUT2D eigenvalue weighted by atomic mass is 16.6. The molecule has 0 amide bonds. The van der Waals surface area contributed by atoms with Gasteiger partial charge in [0.2, 0.25) is 5.78 Å². The number of ketones is 1. The molecule has 0 bridgehead atoms. The molecule has 6 nitrogen and oxygen atoms in total. The van der Waals surface area contributed by atoms with Crippen molar-refractivity contribution >= 4 is 17.7 Å². The maximum Gasteiger partial charge on any atom is 0.308 e. The first-order valence-electron chi connectivity index (χ1n) is 4.67. The Hall–Kier alpha value is -1.69. The molecule has 0 fully saturated rings. The minimum absolute atomic E-state index is 0.00657. The molecular weight excluding hydrogens is 216 g/mol. The zero-order chi connectivity index (χ0) is 12.1. The van der Waals surface area contributed by atoms with E-state index in [1.165, 1.54) is 19.9 Å². The summed E-state index contributed by atoms with van der Waals surface area (Å²) in [5.74, 6) is -1.49. The second-order valence-corrected chi connectivity index (χ2v) is 3.20. The van der Waals surface area contributed by atoms with Crippen molar-refractivity contribution in [2.45, 2.75) is 20.0 Å². The summed E-state index contributed by atoms with van der Waals surface area (Å²) in [6.07, 6.45) is 0.770. The van der Waals surface area contributed by atoms with E-state index in [1.54, 1.807) is 0 Å². The van der Waals surface area contributed by atoms with Crippen molar-refractivity contribution in [3.63, 3.8) is 0 Å². The summed E-state index contributed by atoms with van der Waals surface area (Å²) in [5.41, 5.74) is 0. The van der Waals surface area contributed by atoms with Crippen LogP contribution in [0.15, 0.2) is 11.8 Å². The van der Waals surface area contributed by atoms with Crippen molar-refractivity contribution in [3.8, 4) is 0 Å². The van der Waals surface area contributed by atoms with E-state index in [4.69, 9.17) is 14.2 Å². The van der Waals surface area contributed by atoms with E-state index in [2.05, 4.69) is 0 Å². The topological polar surface area (TPSA) is 78.9 Å². The maximum absolute atomic E-state index is 11.2. The van der Waals surface area contributed by atoms with Crippen LogP contribution in [0.2, 0.25) is 0 Å². The van der Waals surface area contributed by atoms with Crippen LogP contribution >= 0.6 is 0 Å². The van der Waals surface area contributed by atoms with Gasteiger partial charge in [-0.3, -0.25) is 14.4 Å². The van der Waals surface area contributed by atoms with Gasteiger partial charge in [-0.1, -0.05) is 0 Å². The van der Waals surface area contributed by atoms with Crippen molar-refractivity contribution in [2.75, 3.05) is 13.2 Å². The molecule has 6 heteroatoms. The quantitative estimate of drug-likeness (QED) is 0.631. The van der Waals surface area contributed by atoms with Crippen LogP contribution in [-0.4, -0.2) is 37.0 Å². The normalized spacial score (nSPS) is 20.0. The van der Waals surface area contributed by atoms with Gasteiger partial charge in [-0.15, -0.1) is 0 Å². The summed E-state index contributed by atoms with van der Waals surface area (Å²) >= 11 is 0. The summed E-state index contributed by atoms with van der Waals surface area (Å²) in [5, 5.41) is 0. The molecule has 1 aliphatic heterocycles. The zero-order valence-corrected chi connectivity index (χ0v) is 9.02. The third-order valence-electron chi connectivity index (χ3n) is 1.75. The van der Waals surface area contributed by atoms with Crippen molar-refractivity contribution < 1.29 is 28.6 Å². The van der Waals surface area contributed by atoms with E-state index in [9.17, 15) is 14.4 Å². The van der Waals surface area contributed by atoms with Crippen LogP contribution in [0.5, 0.6) is 0 Å². The number of rotatable bonds is 3. The summed E-state index contributed by atoms with van der Waals surface area (Å²) < 4.78 is 14.5. The zero-order valence-electron chi connectivity index (χ0n) is 9.02. The van der Waals surface area contributed by atoms with Crippen LogP contribution in [0.1, 0.15) is 13.8 Å². The monoisotopic (exact) mass is 228 g/mol. The van der Waals surface area contributed by atoms with E-state index in [-0.39, 0.29) is 19.0 Å². The number of ether oxygens (including phenoxy) is 3. The number of carbonyl (C=O) groups is 3. The molecule has 1 atom stereocenters. The molecule has 0 unspecified atom stereocenters. The van der Waals surface area contributed by atoms with Crippen LogP contribution in [0, 0.1) is 0 Å². The van der Waals surface area contributed by atoms with E-state index in [1.807, 2.05) is 0 Å². The average Bonchev–Trinajstić information content (AvgIpc) is 2.18.